The van der Waals surface area contributed by atoms with E-state index in [-0.39, 0.29) is 5.56 Å². The molecule has 3 rings (SSSR count). The number of nitrogens with one attached hydrogen (secondary N) is 1. The summed E-state index contributed by atoms with van der Waals surface area (Å²) in [6, 6.07) is 11.9. The van der Waals surface area contributed by atoms with Crippen molar-refractivity contribution >= 4 is 11.7 Å². The number of para-hydroxylation sites is 1. The summed E-state index contributed by atoms with van der Waals surface area (Å²) in [5, 5.41) is 6.90. The van der Waals surface area contributed by atoms with Gasteiger partial charge in [-0.25, -0.2) is 13.5 Å². The van der Waals surface area contributed by atoms with Crippen LogP contribution in [0.5, 0.6) is 0 Å². The van der Waals surface area contributed by atoms with Gasteiger partial charge in [0.25, 0.3) is 11.7 Å². The van der Waals surface area contributed by atoms with Gasteiger partial charge in [0.05, 0.1) is 28.7 Å². The summed E-state index contributed by atoms with van der Waals surface area (Å²) in [4.78, 5) is 25.2. The molecule has 5 nitrogen and oxygen atoms in total. The molecule has 0 aliphatic rings. The highest BCUT2D eigenvalue weighted by molar-refractivity contribution is 6.43. The van der Waals surface area contributed by atoms with E-state index in [9.17, 15) is 18.4 Å². The molecule has 3 aromatic rings. The molecule has 0 bridgehead atoms. The fourth-order valence-electron chi connectivity index (χ4n) is 3.03. The maximum Gasteiger partial charge on any atom is 0.293 e. The van der Waals surface area contributed by atoms with Gasteiger partial charge in [0.15, 0.2) is 11.6 Å². The molecule has 1 atom stereocenters. The minimum absolute atomic E-state index is 0.221. The Morgan fingerprint density at radius 2 is 1.71 bits per heavy atom. The first-order valence-electron chi connectivity index (χ1n) is 8.71. The molecular formula is C21H19F2N3O2. The van der Waals surface area contributed by atoms with Crippen LogP contribution in [-0.2, 0) is 4.79 Å². The fraction of sp³-hybridized carbons (Fsp3) is 0.190. The van der Waals surface area contributed by atoms with E-state index in [0.717, 1.165) is 17.8 Å². The number of halogens is 2. The lowest BCUT2D eigenvalue weighted by Gasteiger charge is -2.14. The van der Waals surface area contributed by atoms with Crippen LogP contribution in [0.2, 0.25) is 0 Å². The van der Waals surface area contributed by atoms with Crippen molar-refractivity contribution in [2.45, 2.75) is 26.8 Å². The van der Waals surface area contributed by atoms with Crippen molar-refractivity contribution in [3.63, 3.8) is 0 Å². The van der Waals surface area contributed by atoms with Crippen molar-refractivity contribution in [3.8, 4) is 5.69 Å². The summed E-state index contributed by atoms with van der Waals surface area (Å²) in [6.07, 6.45) is 0. The number of carbonyl (C=O) groups is 2. The highest BCUT2D eigenvalue weighted by atomic mass is 19.2. The van der Waals surface area contributed by atoms with E-state index in [0.29, 0.717) is 17.0 Å². The molecule has 28 heavy (non-hydrogen) atoms. The topological polar surface area (TPSA) is 64.0 Å². The van der Waals surface area contributed by atoms with Gasteiger partial charge in [-0.15, -0.1) is 0 Å². The Labute approximate surface area is 161 Å². The molecule has 2 aromatic carbocycles. The second kappa shape index (κ2) is 7.72. The third-order valence-electron chi connectivity index (χ3n) is 4.52. The molecule has 1 N–H and O–H groups in total. The Hall–Kier alpha value is -3.35. The monoisotopic (exact) mass is 383 g/mol. The van der Waals surface area contributed by atoms with Crippen LogP contribution in [0, 0.1) is 25.5 Å². The van der Waals surface area contributed by atoms with Crippen LogP contribution in [0.4, 0.5) is 8.78 Å². The van der Waals surface area contributed by atoms with Gasteiger partial charge in [0, 0.05) is 0 Å². The summed E-state index contributed by atoms with van der Waals surface area (Å²) in [5.74, 6) is -3.55. The summed E-state index contributed by atoms with van der Waals surface area (Å²) >= 11 is 0. The Balaban J connectivity index is 1.83. The molecule has 144 valence electrons. The third kappa shape index (κ3) is 3.69. The molecule has 0 radical (unpaired) electrons. The van der Waals surface area contributed by atoms with Gasteiger partial charge in [-0.3, -0.25) is 9.59 Å². The van der Waals surface area contributed by atoms with E-state index in [1.807, 2.05) is 30.3 Å². The van der Waals surface area contributed by atoms with Gasteiger partial charge in [-0.1, -0.05) is 24.3 Å². The molecule has 1 heterocycles. The smallest absolute Gasteiger partial charge is 0.293 e. The van der Waals surface area contributed by atoms with Crippen LogP contribution < -0.4 is 5.32 Å². The standard InChI is InChI=1S/C21H19F2N3O2/c1-12(15-9-10-17(22)18(23)11-15)24-21(28)20(27)19-13(2)25-26(14(19)3)16-7-5-4-6-8-16/h4-12H,1-3H3,(H,24,28)/t12-/m0/s1. The molecule has 0 saturated carbocycles. The van der Waals surface area contributed by atoms with Gasteiger partial charge in [0.1, 0.15) is 0 Å². The molecule has 0 unspecified atom stereocenters. The molecule has 1 amide bonds. The molecule has 0 aliphatic heterocycles. The van der Waals surface area contributed by atoms with Crippen molar-refractivity contribution in [3.05, 3.63) is 82.7 Å². The molecule has 1 aromatic heterocycles. The zero-order valence-corrected chi connectivity index (χ0v) is 15.7. The number of benzene rings is 2. The van der Waals surface area contributed by atoms with E-state index < -0.39 is 29.4 Å². The van der Waals surface area contributed by atoms with E-state index in [4.69, 9.17) is 0 Å². The van der Waals surface area contributed by atoms with Crippen LogP contribution in [0.1, 0.15) is 40.3 Å². The zero-order valence-electron chi connectivity index (χ0n) is 15.7. The average Bonchev–Trinajstić information content (AvgIpc) is 2.98. The number of rotatable bonds is 5. The van der Waals surface area contributed by atoms with Gasteiger partial charge < -0.3 is 5.32 Å². The van der Waals surface area contributed by atoms with Gasteiger partial charge in [-0.2, -0.15) is 5.10 Å². The van der Waals surface area contributed by atoms with E-state index in [1.165, 1.54) is 6.07 Å². The molecule has 0 saturated heterocycles. The minimum atomic E-state index is -1.01. The number of Topliss-reactive ketones (excluding diaryl/α,β-unsaturated/α-hetero) is 1. The molecule has 0 aliphatic carbocycles. The van der Waals surface area contributed by atoms with Gasteiger partial charge in [0.2, 0.25) is 0 Å². The molecular weight excluding hydrogens is 364 g/mol. The number of hydrogen-bond acceptors (Lipinski definition) is 3. The first-order valence-corrected chi connectivity index (χ1v) is 8.71. The second-order valence-corrected chi connectivity index (χ2v) is 6.49. The van der Waals surface area contributed by atoms with E-state index >= 15 is 0 Å². The lowest BCUT2D eigenvalue weighted by atomic mass is 10.1. The Bertz CT molecular complexity index is 1050. The number of hydrogen-bond donors (Lipinski definition) is 1. The van der Waals surface area contributed by atoms with Crippen LogP contribution in [0.3, 0.4) is 0 Å². The number of aryl methyl sites for hydroxylation is 1. The van der Waals surface area contributed by atoms with Crippen LogP contribution in [0.25, 0.3) is 5.69 Å². The number of ketones is 1. The van der Waals surface area contributed by atoms with Crippen LogP contribution in [0.15, 0.2) is 48.5 Å². The Morgan fingerprint density at radius 3 is 2.36 bits per heavy atom. The summed E-state index contributed by atoms with van der Waals surface area (Å²) in [7, 11) is 0. The predicted molar refractivity (Wildman–Crippen MR) is 100 cm³/mol. The first-order chi connectivity index (χ1) is 13.3. The van der Waals surface area contributed by atoms with E-state index in [2.05, 4.69) is 10.4 Å². The normalized spacial score (nSPS) is 11.9. The summed E-state index contributed by atoms with van der Waals surface area (Å²) in [5.41, 5.74) is 2.33. The lowest BCUT2D eigenvalue weighted by molar-refractivity contribution is -0.117. The Morgan fingerprint density at radius 1 is 1.04 bits per heavy atom. The van der Waals surface area contributed by atoms with Crippen LogP contribution >= 0.6 is 0 Å². The van der Waals surface area contributed by atoms with Gasteiger partial charge >= 0.3 is 0 Å². The SMILES string of the molecule is Cc1nn(-c2ccccc2)c(C)c1C(=O)C(=O)N[C@@H](C)c1ccc(F)c(F)c1. The maximum atomic E-state index is 13.4. The molecule has 7 heteroatoms. The average molecular weight is 383 g/mol. The van der Waals surface area contributed by atoms with Gasteiger partial charge in [-0.05, 0) is 50.6 Å². The quantitative estimate of drug-likeness (QED) is 0.538. The van der Waals surface area contributed by atoms with E-state index in [1.54, 1.807) is 25.5 Å². The number of nitrogens with zero attached hydrogens (tertiary/aromatic N) is 2. The van der Waals surface area contributed by atoms with Crippen molar-refractivity contribution in [2.75, 3.05) is 0 Å². The van der Waals surface area contributed by atoms with Crippen molar-refractivity contribution in [1.29, 1.82) is 0 Å². The highest BCUT2D eigenvalue weighted by Crippen LogP contribution is 2.20. The van der Waals surface area contributed by atoms with Crippen molar-refractivity contribution in [1.82, 2.24) is 15.1 Å². The summed E-state index contributed by atoms with van der Waals surface area (Å²) < 4.78 is 28.1. The maximum absolute atomic E-state index is 13.4. The number of carbonyl (C=O) groups excluding carboxylic acids is 2. The lowest BCUT2D eigenvalue weighted by Crippen LogP contribution is -2.33. The molecule has 0 spiro atoms. The largest absolute Gasteiger partial charge is 0.343 e. The minimum Gasteiger partial charge on any atom is -0.343 e. The second-order valence-electron chi connectivity index (χ2n) is 6.49. The van der Waals surface area contributed by atoms with Crippen molar-refractivity contribution < 1.29 is 18.4 Å². The highest BCUT2D eigenvalue weighted by Gasteiger charge is 2.26. The van der Waals surface area contributed by atoms with Crippen LogP contribution in [-0.4, -0.2) is 21.5 Å². The fourth-order valence-corrected chi connectivity index (χ4v) is 3.03. The zero-order chi connectivity index (χ0) is 20.4. The summed E-state index contributed by atoms with van der Waals surface area (Å²) in [6.45, 7) is 4.96. The third-order valence-corrected chi connectivity index (χ3v) is 4.52. The number of aromatic nitrogens is 2. The van der Waals surface area contributed by atoms with Crippen molar-refractivity contribution in [2.24, 2.45) is 0 Å². The predicted octanol–water partition coefficient (Wildman–Crippen LogP) is 3.83. The first kappa shape index (κ1) is 19.4. The number of amides is 1. The Kier molecular flexibility index (Phi) is 5.35. The molecule has 0 fully saturated rings.